The lowest BCUT2D eigenvalue weighted by molar-refractivity contribution is 0.0847. The molecule has 0 atom stereocenters. The van der Waals surface area contributed by atoms with Gasteiger partial charge in [0.15, 0.2) is 5.78 Å². The summed E-state index contributed by atoms with van der Waals surface area (Å²) in [6, 6.07) is 2.80. The van der Waals surface area contributed by atoms with E-state index in [0.29, 0.717) is 6.54 Å². The van der Waals surface area contributed by atoms with Gasteiger partial charge >= 0.3 is 0 Å². The maximum absolute atomic E-state index is 12.1. The van der Waals surface area contributed by atoms with E-state index in [1.54, 1.807) is 0 Å². The fourth-order valence-electron chi connectivity index (χ4n) is 2.49. The molecule has 2 aliphatic rings. The molecule has 18 heavy (non-hydrogen) atoms. The molecule has 1 aromatic rings. The van der Waals surface area contributed by atoms with Gasteiger partial charge in [-0.3, -0.25) is 14.6 Å². The lowest BCUT2D eigenvalue weighted by Gasteiger charge is -2.34. The summed E-state index contributed by atoms with van der Waals surface area (Å²) in [6.45, 7) is 4.89. The maximum atomic E-state index is 12.1. The summed E-state index contributed by atoms with van der Waals surface area (Å²) in [6.07, 6.45) is 2.75. The molecule has 1 saturated heterocycles. The predicted molar refractivity (Wildman–Crippen MR) is 77.4 cm³/mol. The van der Waals surface area contributed by atoms with Crippen LogP contribution >= 0.6 is 27.3 Å². The van der Waals surface area contributed by atoms with Crippen molar-refractivity contribution in [1.29, 1.82) is 0 Å². The topological polar surface area (TPSA) is 23.6 Å². The molecule has 98 valence electrons. The Labute approximate surface area is 120 Å². The van der Waals surface area contributed by atoms with E-state index in [9.17, 15) is 4.79 Å². The van der Waals surface area contributed by atoms with Gasteiger partial charge in [0.2, 0.25) is 0 Å². The van der Waals surface area contributed by atoms with Gasteiger partial charge in [0.1, 0.15) is 0 Å². The highest BCUT2D eigenvalue weighted by atomic mass is 79.9. The molecular weight excluding hydrogens is 312 g/mol. The predicted octanol–water partition coefficient (Wildman–Crippen LogP) is 2.47. The van der Waals surface area contributed by atoms with Crippen molar-refractivity contribution in [2.45, 2.75) is 18.9 Å². The molecule has 0 spiro atoms. The van der Waals surface area contributed by atoms with Crippen LogP contribution < -0.4 is 0 Å². The Bertz CT molecular complexity index is 436. The first kappa shape index (κ1) is 12.8. The second kappa shape index (κ2) is 5.41. The highest BCUT2D eigenvalue weighted by Gasteiger charge is 2.31. The number of thiophene rings is 1. The van der Waals surface area contributed by atoms with Crippen LogP contribution in [-0.2, 0) is 0 Å². The van der Waals surface area contributed by atoms with Gasteiger partial charge in [0, 0.05) is 36.7 Å². The van der Waals surface area contributed by atoms with Crippen molar-refractivity contribution < 1.29 is 4.79 Å². The summed E-state index contributed by atoms with van der Waals surface area (Å²) in [5.41, 5.74) is 0. The van der Waals surface area contributed by atoms with Crippen LogP contribution in [0.1, 0.15) is 22.5 Å². The first-order valence-electron chi connectivity index (χ1n) is 6.46. The van der Waals surface area contributed by atoms with Crippen LogP contribution in [0.3, 0.4) is 0 Å². The first-order chi connectivity index (χ1) is 8.74. The fraction of sp³-hybridized carbons (Fsp3) is 0.615. The Kier molecular flexibility index (Phi) is 3.84. The normalized spacial score (nSPS) is 22.3. The van der Waals surface area contributed by atoms with E-state index in [-0.39, 0.29) is 5.78 Å². The molecule has 0 aromatic carbocycles. The minimum Gasteiger partial charge on any atom is -0.298 e. The average Bonchev–Trinajstić information content (AvgIpc) is 3.12. The zero-order valence-electron chi connectivity index (χ0n) is 10.3. The summed E-state index contributed by atoms with van der Waals surface area (Å²) < 4.78 is 0.939. The van der Waals surface area contributed by atoms with Gasteiger partial charge in [0.05, 0.1) is 11.4 Å². The third-order valence-corrected chi connectivity index (χ3v) is 5.59. The van der Waals surface area contributed by atoms with E-state index in [0.717, 1.165) is 41.6 Å². The number of ketones is 1. The quantitative estimate of drug-likeness (QED) is 0.793. The van der Waals surface area contributed by atoms with Crippen molar-refractivity contribution in [3.05, 3.63) is 20.8 Å². The number of rotatable bonds is 4. The van der Waals surface area contributed by atoms with E-state index in [1.807, 2.05) is 11.4 Å². The molecule has 1 saturated carbocycles. The largest absolute Gasteiger partial charge is 0.298 e. The summed E-state index contributed by atoms with van der Waals surface area (Å²) in [5.74, 6) is 0.247. The summed E-state index contributed by atoms with van der Waals surface area (Å²) in [7, 11) is 0. The minimum absolute atomic E-state index is 0.247. The number of Topliss-reactive ketones (excluding diaryl/α,β-unsaturated/α-hetero) is 1. The number of carbonyl (C=O) groups is 1. The van der Waals surface area contributed by atoms with E-state index in [4.69, 9.17) is 0 Å². The molecule has 1 aromatic heterocycles. The summed E-state index contributed by atoms with van der Waals surface area (Å²) in [4.78, 5) is 17.9. The average molecular weight is 329 g/mol. The van der Waals surface area contributed by atoms with Crippen molar-refractivity contribution in [1.82, 2.24) is 9.80 Å². The van der Waals surface area contributed by atoms with E-state index < -0.39 is 0 Å². The molecule has 1 aliphatic heterocycles. The molecule has 2 heterocycles. The second-order valence-electron chi connectivity index (χ2n) is 5.06. The van der Waals surface area contributed by atoms with Crippen LogP contribution in [0.2, 0.25) is 0 Å². The number of hydrogen-bond donors (Lipinski definition) is 0. The third kappa shape index (κ3) is 2.85. The summed E-state index contributed by atoms with van der Waals surface area (Å²) in [5, 5.41) is 1.96. The molecule has 0 bridgehead atoms. The highest BCUT2D eigenvalue weighted by molar-refractivity contribution is 9.10. The maximum Gasteiger partial charge on any atom is 0.187 e. The molecule has 3 nitrogen and oxygen atoms in total. The molecule has 5 heteroatoms. The lowest BCUT2D eigenvalue weighted by Crippen LogP contribution is -2.48. The highest BCUT2D eigenvalue weighted by Crippen LogP contribution is 2.28. The fourth-order valence-corrected chi connectivity index (χ4v) is 4.02. The number of hydrogen-bond acceptors (Lipinski definition) is 4. The molecule has 3 rings (SSSR count). The van der Waals surface area contributed by atoms with Gasteiger partial charge in [-0.25, -0.2) is 0 Å². The Morgan fingerprint density at radius 1 is 1.33 bits per heavy atom. The van der Waals surface area contributed by atoms with Gasteiger partial charge in [0.25, 0.3) is 0 Å². The SMILES string of the molecule is O=C(CN1CCN(C2CC2)CC1)c1sccc1Br. The lowest BCUT2D eigenvalue weighted by atomic mass is 10.2. The number of piperazine rings is 1. The first-order valence-corrected chi connectivity index (χ1v) is 8.14. The molecular formula is C13H17BrN2OS. The van der Waals surface area contributed by atoms with Gasteiger partial charge in [-0.2, -0.15) is 0 Å². The van der Waals surface area contributed by atoms with Crippen molar-refractivity contribution in [3.63, 3.8) is 0 Å². The number of carbonyl (C=O) groups excluding carboxylic acids is 1. The van der Waals surface area contributed by atoms with E-state index in [1.165, 1.54) is 24.2 Å². The second-order valence-corrected chi connectivity index (χ2v) is 6.83. The third-order valence-electron chi connectivity index (χ3n) is 3.71. The summed E-state index contributed by atoms with van der Waals surface area (Å²) >= 11 is 4.96. The van der Waals surface area contributed by atoms with Gasteiger partial charge in [-0.15, -0.1) is 11.3 Å². The number of halogens is 1. The smallest absolute Gasteiger partial charge is 0.187 e. The van der Waals surface area contributed by atoms with Gasteiger partial charge in [-0.1, -0.05) is 0 Å². The van der Waals surface area contributed by atoms with Crippen molar-refractivity contribution in [2.75, 3.05) is 32.7 Å². The molecule has 1 aliphatic carbocycles. The van der Waals surface area contributed by atoms with E-state index in [2.05, 4.69) is 25.7 Å². The molecule has 0 N–H and O–H groups in total. The monoisotopic (exact) mass is 328 g/mol. The zero-order valence-corrected chi connectivity index (χ0v) is 12.7. The van der Waals surface area contributed by atoms with Crippen molar-refractivity contribution >= 4 is 33.0 Å². The van der Waals surface area contributed by atoms with E-state index >= 15 is 0 Å². The van der Waals surface area contributed by atoms with Crippen LogP contribution in [-0.4, -0.2) is 54.3 Å². The Morgan fingerprint density at radius 3 is 2.61 bits per heavy atom. The van der Waals surface area contributed by atoms with Gasteiger partial charge < -0.3 is 0 Å². The Hall–Kier alpha value is -0.230. The van der Waals surface area contributed by atoms with Crippen LogP contribution in [0, 0.1) is 0 Å². The standard InChI is InChI=1S/C13H17BrN2OS/c14-11-3-8-18-13(11)12(17)9-15-4-6-16(7-5-15)10-1-2-10/h3,8,10H,1-2,4-7,9H2. The Morgan fingerprint density at radius 2 is 2.06 bits per heavy atom. The van der Waals surface area contributed by atoms with Gasteiger partial charge in [-0.05, 0) is 40.2 Å². The van der Waals surface area contributed by atoms with Crippen LogP contribution in [0.5, 0.6) is 0 Å². The molecule has 2 fully saturated rings. The molecule has 0 unspecified atom stereocenters. The van der Waals surface area contributed by atoms with Crippen molar-refractivity contribution in [2.24, 2.45) is 0 Å². The molecule has 0 amide bonds. The van der Waals surface area contributed by atoms with Crippen LogP contribution in [0.4, 0.5) is 0 Å². The Balaban J connectivity index is 1.51. The molecule has 0 radical (unpaired) electrons. The van der Waals surface area contributed by atoms with Crippen LogP contribution in [0.15, 0.2) is 15.9 Å². The number of nitrogens with zero attached hydrogens (tertiary/aromatic N) is 2. The van der Waals surface area contributed by atoms with Crippen molar-refractivity contribution in [3.8, 4) is 0 Å². The van der Waals surface area contributed by atoms with Crippen LogP contribution in [0.25, 0.3) is 0 Å². The minimum atomic E-state index is 0.247. The zero-order chi connectivity index (χ0) is 12.5.